The van der Waals surface area contributed by atoms with Crippen molar-refractivity contribution >= 4 is 21.9 Å². The highest BCUT2D eigenvalue weighted by Gasteiger charge is 2.11. The number of carboxylic acid groups (broad SMARTS) is 1. The van der Waals surface area contributed by atoms with Crippen molar-refractivity contribution in [2.24, 2.45) is 0 Å². The van der Waals surface area contributed by atoms with E-state index >= 15 is 0 Å². The van der Waals surface area contributed by atoms with Gasteiger partial charge in [0, 0.05) is 10.0 Å². The maximum Gasteiger partial charge on any atom is 0.0934 e. The fourth-order valence-corrected chi connectivity index (χ4v) is 2.32. The molecule has 21 heavy (non-hydrogen) atoms. The lowest BCUT2D eigenvalue weighted by Gasteiger charge is -2.07. The number of carbonyl (C=O) groups excluding carboxylic acids is 1. The van der Waals surface area contributed by atoms with E-state index in [1.807, 2.05) is 42.5 Å². The highest BCUT2D eigenvalue weighted by Crippen LogP contribution is 2.22. The van der Waals surface area contributed by atoms with Crippen molar-refractivity contribution in [1.82, 2.24) is 9.78 Å². The third-order valence-corrected chi connectivity index (χ3v) is 3.59. The molecule has 0 aliphatic heterocycles. The Labute approximate surface area is 129 Å². The van der Waals surface area contributed by atoms with Gasteiger partial charge in [-0.15, -0.1) is 0 Å². The van der Waals surface area contributed by atoms with E-state index in [0.29, 0.717) is 11.4 Å². The molecule has 3 rings (SSSR count). The van der Waals surface area contributed by atoms with Gasteiger partial charge >= 0.3 is 0 Å². The van der Waals surface area contributed by atoms with Gasteiger partial charge in [0.2, 0.25) is 0 Å². The summed E-state index contributed by atoms with van der Waals surface area (Å²) in [5.74, 6) is -1.26. The number of benzene rings is 2. The molecule has 0 aliphatic carbocycles. The zero-order chi connectivity index (χ0) is 14.8. The van der Waals surface area contributed by atoms with Gasteiger partial charge in [-0.1, -0.05) is 46.3 Å². The molecule has 1 aromatic heterocycles. The lowest BCUT2D eigenvalue weighted by Crippen LogP contribution is -2.25. The van der Waals surface area contributed by atoms with Crippen molar-refractivity contribution < 1.29 is 9.90 Å². The maximum atomic E-state index is 11.3. The summed E-state index contributed by atoms with van der Waals surface area (Å²) in [5, 5.41) is 15.7. The minimum atomic E-state index is -1.26. The first kappa shape index (κ1) is 13.6. The normalized spacial score (nSPS) is 10.5. The fourth-order valence-electron chi connectivity index (χ4n) is 2.06. The van der Waals surface area contributed by atoms with Gasteiger partial charge in [-0.05, 0) is 30.3 Å². The lowest BCUT2D eigenvalue weighted by atomic mass is 10.1. The minimum Gasteiger partial charge on any atom is -0.543 e. The summed E-state index contributed by atoms with van der Waals surface area (Å²) in [7, 11) is 0. The summed E-state index contributed by atoms with van der Waals surface area (Å²) in [6, 6.07) is 18.2. The number of hydrogen-bond acceptors (Lipinski definition) is 3. The van der Waals surface area contributed by atoms with Gasteiger partial charge in [0.15, 0.2) is 0 Å². The largest absolute Gasteiger partial charge is 0.543 e. The summed E-state index contributed by atoms with van der Waals surface area (Å²) < 4.78 is 2.29. The molecule has 0 bridgehead atoms. The molecule has 104 valence electrons. The molecule has 3 aromatic rings. The van der Waals surface area contributed by atoms with Crippen LogP contribution in [0.2, 0.25) is 0 Å². The monoisotopic (exact) mass is 341 g/mol. The first-order valence-electron chi connectivity index (χ1n) is 6.28. The van der Waals surface area contributed by atoms with Crippen LogP contribution in [-0.2, 0) is 0 Å². The van der Waals surface area contributed by atoms with Gasteiger partial charge in [0.05, 0.1) is 23.0 Å². The number of nitrogens with zero attached hydrogens (tertiary/aromatic N) is 2. The Bertz CT molecular complexity index is 780. The van der Waals surface area contributed by atoms with E-state index in [1.54, 1.807) is 12.1 Å². The molecule has 0 radical (unpaired) electrons. The van der Waals surface area contributed by atoms with Crippen LogP contribution in [0.25, 0.3) is 16.9 Å². The number of hydrogen-bond donors (Lipinski definition) is 0. The molecule has 0 N–H and O–H groups in total. The van der Waals surface area contributed by atoms with Gasteiger partial charge in [-0.3, -0.25) is 0 Å². The van der Waals surface area contributed by atoms with Crippen LogP contribution in [0.1, 0.15) is 10.5 Å². The first-order valence-corrected chi connectivity index (χ1v) is 7.07. The molecule has 0 spiro atoms. The van der Waals surface area contributed by atoms with E-state index in [2.05, 4.69) is 21.0 Å². The van der Waals surface area contributed by atoms with E-state index in [9.17, 15) is 9.90 Å². The third-order valence-electron chi connectivity index (χ3n) is 3.06. The minimum absolute atomic E-state index is 0.0242. The van der Waals surface area contributed by atoms with E-state index in [-0.39, 0.29) is 5.69 Å². The SMILES string of the molecule is O=C([O-])c1cc(-c2ccccc2)nn1-c1ccc(Br)cc1. The predicted molar refractivity (Wildman–Crippen MR) is 81.0 cm³/mol. The number of aromatic carboxylic acids is 1. The van der Waals surface area contributed by atoms with Crippen LogP contribution in [-0.4, -0.2) is 15.7 Å². The molecule has 0 saturated carbocycles. The topological polar surface area (TPSA) is 57.9 Å². The van der Waals surface area contributed by atoms with Gasteiger partial charge in [-0.25, -0.2) is 4.68 Å². The molecule has 0 unspecified atom stereocenters. The Balaban J connectivity index is 2.14. The molecule has 0 atom stereocenters. The van der Waals surface area contributed by atoms with Crippen molar-refractivity contribution in [2.45, 2.75) is 0 Å². The summed E-state index contributed by atoms with van der Waals surface area (Å²) in [4.78, 5) is 11.3. The molecule has 0 aliphatic rings. The molecule has 0 saturated heterocycles. The number of carboxylic acids is 1. The Hall–Kier alpha value is -2.40. The Morgan fingerprint density at radius 3 is 2.33 bits per heavy atom. The number of carbonyl (C=O) groups is 1. The van der Waals surface area contributed by atoms with Crippen LogP contribution < -0.4 is 5.11 Å². The summed E-state index contributed by atoms with van der Waals surface area (Å²) >= 11 is 3.35. The molecule has 2 aromatic carbocycles. The van der Waals surface area contributed by atoms with E-state index in [1.165, 1.54) is 10.7 Å². The highest BCUT2D eigenvalue weighted by atomic mass is 79.9. The predicted octanol–water partition coefficient (Wildman–Crippen LogP) is 2.67. The summed E-state index contributed by atoms with van der Waals surface area (Å²) in [5.41, 5.74) is 2.14. The lowest BCUT2D eigenvalue weighted by molar-refractivity contribution is -0.255. The van der Waals surface area contributed by atoms with Crippen molar-refractivity contribution in [3.05, 3.63) is 70.8 Å². The highest BCUT2D eigenvalue weighted by molar-refractivity contribution is 9.10. The average molecular weight is 342 g/mol. The average Bonchev–Trinajstić information content (AvgIpc) is 2.94. The molecule has 0 amide bonds. The molecular weight excluding hydrogens is 332 g/mol. The van der Waals surface area contributed by atoms with Crippen LogP contribution in [0.3, 0.4) is 0 Å². The number of halogens is 1. The van der Waals surface area contributed by atoms with Crippen LogP contribution in [0, 0.1) is 0 Å². The molecule has 1 heterocycles. The molecular formula is C16H10BrN2O2-. The zero-order valence-corrected chi connectivity index (χ0v) is 12.4. The maximum absolute atomic E-state index is 11.3. The van der Waals surface area contributed by atoms with Crippen molar-refractivity contribution in [3.8, 4) is 16.9 Å². The number of rotatable bonds is 3. The van der Waals surface area contributed by atoms with Crippen LogP contribution in [0.15, 0.2) is 65.1 Å². The molecule has 5 heteroatoms. The van der Waals surface area contributed by atoms with Crippen molar-refractivity contribution in [3.63, 3.8) is 0 Å². The van der Waals surface area contributed by atoms with E-state index < -0.39 is 5.97 Å². The summed E-state index contributed by atoms with van der Waals surface area (Å²) in [6.45, 7) is 0. The number of aromatic nitrogens is 2. The first-order chi connectivity index (χ1) is 10.1. The smallest absolute Gasteiger partial charge is 0.0934 e. The molecule has 4 nitrogen and oxygen atoms in total. The fraction of sp³-hybridized carbons (Fsp3) is 0. The zero-order valence-electron chi connectivity index (χ0n) is 10.9. The second-order valence-electron chi connectivity index (χ2n) is 4.46. The van der Waals surface area contributed by atoms with Crippen LogP contribution in [0.5, 0.6) is 0 Å². The van der Waals surface area contributed by atoms with Crippen molar-refractivity contribution in [2.75, 3.05) is 0 Å². The van der Waals surface area contributed by atoms with Gasteiger partial charge in [0.1, 0.15) is 0 Å². The summed E-state index contributed by atoms with van der Waals surface area (Å²) in [6.07, 6.45) is 0. The third kappa shape index (κ3) is 2.73. The standard InChI is InChI=1S/C16H11BrN2O2/c17-12-6-8-13(9-7-12)19-15(16(20)21)10-14(18-19)11-4-2-1-3-5-11/h1-10H,(H,20,21)/p-1. The second-order valence-corrected chi connectivity index (χ2v) is 5.37. The van der Waals surface area contributed by atoms with Gasteiger partial charge in [-0.2, -0.15) is 5.10 Å². The van der Waals surface area contributed by atoms with Crippen LogP contribution in [0.4, 0.5) is 0 Å². The van der Waals surface area contributed by atoms with Gasteiger partial charge in [0.25, 0.3) is 0 Å². The Morgan fingerprint density at radius 2 is 1.71 bits per heavy atom. The van der Waals surface area contributed by atoms with Crippen molar-refractivity contribution in [1.29, 1.82) is 0 Å². The Kier molecular flexibility index (Phi) is 3.58. The van der Waals surface area contributed by atoms with E-state index in [0.717, 1.165) is 10.0 Å². The van der Waals surface area contributed by atoms with E-state index in [4.69, 9.17) is 0 Å². The second kappa shape index (κ2) is 5.54. The quantitative estimate of drug-likeness (QED) is 0.735. The molecule has 0 fully saturated rings. The van der Waals surface area contributed by atoms with Gasteiger partial charge < -0.3 is 9.90 Å². The Morgan fingerprint density at radius 1 is 1.05 bits per heavy atom. The van der Waals surface area contributed by atoms with Crippen LogP contribution >= 0.6 is 15.9 Å².